The van der Waals surface area contributed by atoms with E-state index in [-0.39, 0.29) is 48.2 Å². The number of aliphatic imine (C=N–C) groups is 1. The van der Waals surface area contributed by atoms with Crippen molar-refractivity contribution in [2.24, 2.45) is 4.99 Å². The number of guanidine groups is 1. The summed E-state index contributed by atoms with van der Waals surface area (Å²) in [6.07, 6.45) is 2.96. The summed E-state index contributed by atoms with van der Waals surface area (Å²) >= 11 is 0. The molecule has 2 rings (SSSR count). The van der Waals surface area contributed by atoms with Crippen molar-refractivity contribution in [3.05, 3.63) is 35.6 Å². The molecule has 0 amide bonds. The zero-order chi connectivity index (χ0) is 20.4. The van der Waals surface area contributed by atoms with Gasteiger partial charge in [-0.3, -0.25) is 4.99 Å². The third kappa shape index (κ3) is 10.1. The van der Waals surface area contributed by atoms with Crippen LogP contribution in [0.1, 0.15) is 31.7 Å². The van der Waals surface area contributed by atoms with Gasteiger partial charge in [-0.15, -0.1) is 24.0 Å². The number of hydrogen-bond donors (Lipinski definition) is 2. The minimum atomic E-state index is -3.41. The lowest BCUT2D eigenvalue weighted by Crippen LogP contribution is -2.39. The molecule has 1 atom stereocenters. The normalized spacial score (nSPS) is 17.5. The van der Waals surface area contributed by atoms with Crippen LogP contribution in [0.5, 0.6) is 0 Å². The minimum Gasteiger partial charge on any atom is -0.377 e. The summed E-state index contributed by atoms with van der Waals surface area (Å²) in [5, 5.41) is 3.15. The van der Waals surface area contributed by atoms with Gasteiger partial charge in [0, 0.05) is 33.3 Å². The van der Waals surface area contributed by atoms with Gasteiger partial charge in [0.05, 0.1) is 18.4 Å². The molecule has 0 aliphatic carbocycles. The average molecular weight is 542 g/mol. The van der Waals surface area contributed by atoms with Crippen LogP contribution >= 0.6 is 24.0 Å². The lowest BCUT2D eigenvalue weighted by Gasteiger charge is -2.23. The molecule has 2 N–H and O–H groups in total. The Balaban J connectivity index is 0.00000420. The minimum absolute atomic E-state index is 0. The Morgan fingerprint density at radius 2 is 2.03 bits per heavy atom. The van der Waals surface area contributed by atoms with E-state index >= 15 is 0 Å². The first kappa shape index (κ1) is 26.1. The summed E-state index contributed by atoms with van der Waals surface area (Å²) in [5.41, 5.74) is 0.941. The Hall–Kier alpha value is -0.980. The lowest BCUT2D eigenvalue weighted by atomic mass is 10.1. The van der Waals surface area contributed by atoms with Gasteiger partial charge >= 0.3 is 0 Å². The Labute approximate surface area is 190 Å². The Bertz CT molecular complexity index is 725. The number of nitrogens with zero attached hydrogens (tertiary/aromatic N) is 2. The van der Waals surface area contributed by atoms with Crippen LogP contribution in [0, 0.1) is 5.82 Å². The zero-order valence-electron chi connectivity index (χ0n) is 17.1. The molecule has 1 aliphatic heterocycles. The fourth-order valence-corrected chi connectivity index (χ4v) is 3.86. The number of sulfonamides is 1. The number of benzene rings is 1. The second-order valence-electron chi connectivity index (χ2n) is 6.87. The van der Waals surface area contributed by atoms with Gasteiger partial charge in [-0.1, -0.05) is 12.1 Å². The Morgan fingerprint density at radius 1 is 1.31 bits per heavy atom. The van der Waals surface area contributed by atoms with E-state index in [4.69, 9.17) is 4.74 Å². The molecule has 29 heavy (non-hydrogen) atoms. The maximum absolute atomic E-state index is 13.0. The van der Waals surface area contributed by atoms with Gasteiger partial charge in [0.25, 0.3) is 0 Å². The van der Waals surface area contributed by atoms with Crippen molar-refractivity contribution < 1.29 is 17.5 Å². The summed E-state index contributed by atoms with van der Waals surface area (Å²) in [5.74, 6) is 0.250. The second kappa shape index (κ2) is 13.3. The lowest BCUT2D eigenvalue weighted by molar-refractivity contribution is 0.0200. The molecule has 166 valence electrons. The summed E-state index contributed by atoms with van der Waals surface area (Å²) in [6, 6.07) is 6.28. The van der Waals surface area contributed by atoms with Gasteiger partial charge in [0.15, 0.2) is 5.96 Å². The zero-order valence-corrected chi connectivity index (χ0v) is 20.2. The molecule has 0 spiro atoms. The van der Waals surface area contributed by atoms with Gasteiger partial charge < -0.3 is 15.0 Å². The third-order valence-electron chi connectivity index (χ3n) is 4.46. The molecule has 0 radical (unpaired) electrons. The van der Waals surface area contributed by atoms with Crippen LogP contribution in [0.25, 0.3) is 0 Å². The molecule has 1 heterocycles. The highest BCUT2D eigenvalue weighted by atomic mass is 127. The number of hydrogen-bond acceptors (Lipinski definition) is 4. The summed E-state index contributed by atoms with van der Waals surface area (Å²) < 4.78 is 45.6. The molecule has 1 unspecified atom stereocenters. The summed E-state index contributed by atoms with van der Waals surface area (Å²) in [6.45, 7) is 4.31. The smallest absolute Gasteiger partial charge is 0.213 e. The van der Waals surface area contributed by atoms with Crippen molar-refractivity contribution in [1.82, 2.24) is 14.9 Å². The quantitative estimate of drug-likeness (QED) is 0.285. The number of ether oxygens (including phenoxy) is 1. The fraction of sp³-hybridized carbons (Fsp3) is 0.632. The molecule has 1 aliphatic rings. The van der Waals surface area contributed by atoms with Crippen molar-refractivity contribution >= 4 is 40.0 Å². The topological polar surface area (TPSA) is 83.0 Å². The monoisotopic (exact) mass is 542 g/mol. The molecule has 1 aromatic rings. The highest BCUT2D eigenvalue weighted by Crippen LogP contribution is 2.12. The van der Waals surface area contributed by atoms with E-state index in [0.717, 1.165) is 24.8 Å². The molecule has 1 saturated heterocycles. The maximum Gasteiger partial charge on any atom is 0.213 e. The molecule has 0 saturated carbocycles. The third-order valence-corrected chi connectivity index (χ3v) is 5.78. The van der Waals surface area contributed by atoms with Gasteiger partial charge in [-0.05, 0) is 43.9 Å². The van der Waals surface area contributed by atoms with Crippen LogP contribution in [0.4, 0.5) is 4.39 Å². The standard InChI is InChI=1S/C19H31FN4O3S.HI/c1-3-21-19(24(2)15-16-7-9-17(20)10-8-16)22-11-13-28(25,26)23-14-18-6-4-5-12-27-18;/h7-10,18,23H,3-6,11-15H2,1-2H3,(H,21,22);1H. The molecule has 0 aromatic heterocycles. The Kier molecular flexibility index (Phi) is 12.0. The molecular weight excluding hydrogens is 510 g/mol. The Morgan fingerprint density at radius 3 is 2.66 bits per heavy atom. The molecule has 1 aromatic carbocycles. The number of rotatable bonds is 9. The summed E-state index contributed by atoms with van der Waals surface area (Å²) in [4.78, 5) is 6.30. The van der Waals surface area contributed by atoms with Crippen LogP contribution in [-0.4, -0.2) is 64.4 Å². The SMILES string of the molecule is CCNC(=NCCS(=O)(=O)NCC1CCCCO1)N(C)Cc1ccc(F)cc1.I. The first-order valence-electron chi connectivity index (χ1n) is 9.72. The molecular formula is C19H32FIN4O3S. The van der Waals surface area contributed by atoms with Crippen molar-refractivity contribution in [3.63, 3.8) is 0 Å². The molecule has 0 bridgehead atoms. The predicted octanol–water partition coefficient (Wildman–Crippen LogP) is 2.33. The largest absolute Gasteiger partial charge is 0.377 e. The fourth-order valence-electron chi connectivity index (χ4n) is 2.94. The van der Waals surface area contributed by atoms with Gasteiger partial charge in [-0.25, -0.2) is 17.5 Å². The first-order valence-corrected chi connectivity index (χ1v) is 11.4. The number of halogens is 2. The van der Waals surface area contributed by atoms with Crippen molar-refractivity contribution in [2.75, 3.05) is 39.0 Å². The van der Waals surface area contributed by atoms with Gasteiger partial charge in [-0.2, -0.15) is 0 Å². The number of nitrogens with one attached hydrogen (secondary N) is 2. The van der Waals surface area contributed by atoms with Crippen molar-refractivity contribution in [3.8, 4) is 0 Å². The van der Waals surface area contributed by atoms with E-state index < -0.39 is 10.0 Å². The van der Waals surface area contributed by atoms with Crippen LogP contribution in [0.15, 0.2) is 29.3 Å². The van der Waals surface area contributed by atoms with Crippen LogP contribution in [0.2, 0.25) is 0 Å². The molecule has 1 fully saturated rings. The van der Waals surface area contributed by atoms with Crippen LogP contribution < -0.4 is 10.0 Å². The van der Waals surface area contributed by atoms with Gasteiger partial charge in [0.2, 0.25) is 10.0 Å². The molecule has 10 heteroatoms. The van der Waals surface area contributed by atoms with E-state index in [2.05, 4.69) is 15.0 Å². The average Bonchev–Trinajstić information content (AvgIpc) is 2.68. The van der Waals surface area contributed by atoms with Crippen LogP contribution in [0.3, 0.4) is 0 Å². The maximum atomic E-state index is 13.0. The van der Waals surface area contributed by atoms with E-state index in [1.165, 1.54) is 12.1 Å². The van der Waals surface area contributed by atoms with Crippen molar-refractivity contribution in [2.45, 2.75) is 38.8 Å². The molecule has 7 nitrogen and oxygen atoms in total. The highest BCUT2D eigenvalue weighted by molar-refractivity contribution is 14.0. The van der Waals surface area contributed by atoms with Gasteiger partial charge in [0.1, 0.15) is 5.82 Å². The van der Waals surface area contributed by atoms with E-state index in [9.17, 15) is 12.8 Å². The van der Waals surface area contributed by atoms with Crippen LogP contribution in [-0.2, 0) is 21.3 Å². The highest BCUT2D eigenvalue weighted by Gasteiger charge is 2.17. The summed E-state index contributed by atoms with van der Waals surface area (Å²) in [7, 11) is -1.55. The van der Waals surface area contributed by atoms with E-state index in [1.54, 1.807) is 12.1 Å². The first-order chi connectivity index (χ1) is 13.4. The van der Waals surface area contributed by atoms with Crippen molar-refractivity contribution in [1.29, 1.82) is 0 Å². The van der Waals surface area contributed by atoms with E-state index in [0.29, 0.717) is 32.2 Å². The predicted molar refractivity (Wildman–Crippen MR) is 125 cm³/mol. The van der Waals surface area contributed by atoms with E-state index in [1.807, 2.05) is 18.9 Å². The second-order valence-corrected chi connectivity index (χ2v) is 8.80.